The van der Waals surface area contributed by atoms with Crippen LogP contribution in [0, 0.1) is 0 Å². The summed E-state index contributed by atoms with van der Waals surface area (Å²) >= 11 is 0. The van der Waals surface area contributed by atoms with Gasteiger partial charge in [-0.25, -0.2) is 9.59 Å². The zero-order chi connectivity index (χ0) is 20.0. The van der Waals surface area contributed by atoms with E-state index in [4.69, 9.17) is 9.47 Å². The molecule has 1 aromatic rings. The summed E-state index contributed by atoms with van der Waals surface area (Å²) in [5.74, 6) is 0.683. The molecule has 1 aromatic carbocycles. The molecule has 0 aromatic heterocycles. The van der Waals surface area contributed by atoms with Crippen LogP contribution >= 0.6 is 0 Å². The van der Waals surface area contributed by atoms with Gasteiger partial charge in [0.2, 0.25) is 0 Å². The molecule has 0 saturated carbocycles. The number of anilines is 1. The second-order valence-corrected chi connectivity index (χ2v) is 7.85. The molecule has 0 unspecified atom stereocenters. The van der Waals surface area contributed by atoms with Crippen LogP contribution in [-0.4, -0.2) is 48.4 Å². The maximum Gasteiger partial charge on any atom is 0.407 e. The molecule has 1 aliphatic rings. The molecule has 0 bridgehead atoms. The summed E-state index contributed by atoms with van der Waals surface area (Å²) in [4.78, 5) is 26.7. The largest absolute Gasteiger partial charge is 0.497 e. The Labute approximate surface area is 161 Å². The highest BCUT2D eigenvalue weighted by Crippen LogP contribution is 2.23. The lowest BCUT2D eigenvalue weighted by atomic mass is 9.97. The summed E-state index contributed by atoms with van der Waals surface area (Å²) in [5.41, 5.74) is 0.121. The number of carbonyl (C=O) groups is 2. The lowest BCUT2D eigenvalue weighted by Crippen LogP contribution is -2.55. The Hall–Kier alpha value is -2.44. The number of benzene rings is 1. The lowest BCUT2D eigenvalue weighted by Gasteiger charge is -2.39. The Balaban J connectivity index is 2.02. The van der Waals surface area contributed by atoms with Gasteiger partial charge in [-0.15, -0.1) is 0 Å². The molecule has 0 radical (unpaired) electrons. The topological polar surface area (TPSA) is 79.9 Å². The average Bonchev–Trinajstić information content (AvgIpc) is 2.60. The standard InChI is InChI=1S/C20H31N3O4/c1-14(21-19(25)27-20(2,3)4)17-11-6-7-12-23(17)18(24)22-15-9-8-10-16(13-15)26-5/h8-10,13-14,17H,6-7,11-12H2,1-5H3,(H,21,25)(H,22,24)/t14-,17-/m0/s1. The highest BCUT2D eigenvalue weighted by molar-refractivity contribution is 5.90. The maximum absolute atomic E-state index is 12.8. The molecule has 1 heterocycles. The number of carbonyl (C=O) groups excluding carboxylic acids is 2. The van der Waals surface area contributed by atoms with Crippen molar-refractivity contribution in [2.45, 2.75) is 64.6 Å². The van der Waals surface area contributed by atoms with E-state index in [-0.39, 0.29) is 18.1 Å². The average molecular weight is 377 g/mol. The van der Waals surface area contributed by atoms with Crippen LogP contribution in [-0.2, 0) is 4.74 Å². The number of methoxy groups -OCH3 is 1. The van der Waals surface area contributed by atoms with Gasteiger partial charge in [0.1, 0.15) is 11.4 Å². The molecule has 2 atom stereocenters. The first-order valence-electron chi connectivity index (χ1n) is 9.41. The molecule has 7 heteroatoms. The van der Waals surface area contributed by atoms with Gasteiger partial charge >= 0.3 is 12.1 Å². The predicted molar refractivity (Wildman–Crippen MR) is 105 cm³/mol. The van der Waals surface area contributed by atoms with Crippen molar-refractivity contribution >= 4 is 17.8 Å². The quantitative estimate of drug-likeness (QED) is 0.831. The minimum absolute atomic E-state index is 0.0862. The minimum atomic E-state index is -0.556. The number of nitrogens with one attached hydrogen (secondary N) is 2. The minimum Gasteiger partial charge on any atom is -0.497 e. The Bertz CT molecular complexity index is 657. The van der Waals surface area contributed by atoms with Crippen molar-refractivity contribution in [1.82, 2.24) is 10.2 Å². The van der Waals surface area contributed by atoms with Crippen molar-refractivity contribution in [2.75, 3.05) is 19.0 Å². The van der Waals surface area contributed by atoms with E-state index in [1.807, 2.05) is 45.9 Å². The monoisotopic (exact) mass is 377 g/mol. The fraction of sp³-hybridized carbons (Fsp3) is 0.600. The van der Waals surface area contributed by atoms with E-state index in [1.165, 1.54) is 0 Å². The summed E-state index contributed by atoms with van der Waals surface area (Å²) < 4.78 is 10.5. The Kier molecular flexibility index (Phi) is 6.93. The molecule has 1 saturated heterocycles. The van der Waals surface area contributed by atoms with Crippen molar-refractivity contribution in [3.63, 3.8) is 0 Å². The van der Waals surface area contributed by atoms with E-state index in [0.717, 1.165) is 19.3 Å². The fourth-order valence-electron chi connectivity index (χ4n) is 3.22. The Morgan fingerprint density at radius 2 is 2.00 bits per heavy atom. The van der Waals surface area contributed by atoms with Crippen LogP contribution in [0.4, 0.5) is 15.3 Å². The third kappa shape index (κ3) is 6.34. The second-order valence-electron chi connectivity index (χ2n) is 7.85. The van der Waals surface area contributed by atoms with Crippen molar-refractivity contribution < 1.29 is 19.1 Å². The SMILES string of the molecule is COc1cccc(NC(=O)N2CCCC[C@H]2[C@H](C)NC(=O)OC(C)(C)C)c1. The molecule has 27 heavy (non-hydrogen) atoms. The molecule has 2 N–H and O–H groups in total. The van der Waals surface area contributed by atoms with Crippen LogP contribution in [0.25, 0.3) is 0 Å². The molecule has 1 fully saturated rings. The van der Waals surface area contributed by atoms with Crippen molar-refractivity contribution in [2.24, 2.45) is 0 Å². The number of alkyl carbamates (subject to hydrolysis) is 1. The molecule has 1 aliphatic heterocycles. The van der Waals surface area contributed by atoms with Gasteiger partial charge in [-0.05, 0) is 59.1 Å². The zero-order valence-electron chi connectivity index (χ0n) is 16.9. The van der Waals surface area contributed by atoms with Gasteiger partial charge in [-0.1, -0.05) is 6.07 Å². The Morgan fingerprint density at radius 1 is 1.26 bits per heavy atom. The molecule has 3 amide bonds. The third-order valence-electron chi connectivity index (χ3n) is 4.45. The first kappa shape index (κ1) is 20.9. The van der Waals surface area contributed by atoms with Crippen LogP contribution < -0.4 is 15.4 Å². The number of likely N-dealkylation sites (tertiary alicyclic amines) is 1. The summed E-state index contributed by atoms with van der Waals surface area (Å²) in [7, 11) is 1.59. The smallest absolute Gasteiger partial charge is 0.407 e. The summed E-state index contributed by atoms with van der Waals surface area (Å²) in [6.45, 7) is 8.04. The van der Waals surface area contributed by atoms with Crippen molar-refractivity contribution in [3.8, 4) is 5.75 Å². The number of ether oxygens (including phenoxy) is 2. The first-order chi connectivity index (χ1) is 12.7. The van der Waals surface area contributed by atoms with Gasteiger partial charge < -0.3 is 25.0 Å². The van der Waals surface area contributed by atoms with Crippen molar-refractivity contribution in [1.29, 1.82) is 0 Å². The van der Waals surface area contributed by atoms with Crippen LogP contribution in [0.3, 0.4) is 0 Å². The number of rotatable bonds is 4. The van der Waals surface area contributed by atoms with Gasteiger partial charge in [-0.2, -0.15) is 0 Å². The van der Waals surface area contributed by atoms with Gasteiger partial charge in [0, 0.05) is 24.3 Å². The van der Waals surface area contributed by atoms with E-state index >= 15 is 0 Å². The van der Waals surface area contributed by atoms with Gasteiger partial charge in [0.05, 0.1) is 13.2 Å². The molecule has 2 rings (SSSR count). The van der Waals surface area contributed by atoms with Crippen LogP contribution in [0.1, 0.15) is 47.0 Å². The van der Waals surface area contributed by atoms with E-state index < -0.39 is 11.7 Å². The summed E-state index contributed by atoms with van der Waals surface area (Å²) in [6.07, 6.45) is 2.34. The van der Waals surface area contributed by atoms with Crippen molar-refractivity contribution in [3.05, 3.63) is 24.3 Å². The van der Waals surface area contributed by atoms with Crippen LogP contribution in [0.2, 0.25) is 0 Å². The van der Waals surface area contributed by atoms with E-state index in [2.05, 4.69) is 10.6 Å². The van der Waals surface area contributed by atoms with Gasteiger partial charge in [-0.3, -0.25) is 0 Å². The maximum atomic E-state index is 12.8. The molecule has 150 valence electrons. The summed E-state index contributed by atoms with van der Waals surface area (Å²) in [5, 5.41) is 5.80. The molecule has 7 nitrogen and oxygen atoms in total. The number of amides is 3. The number of piperidine rings is 1. The normalized spacial score (nSPS) is 18.4. The fourth-order valence-corrected chi connectivity index (χ4v) is 3.22. The molecular weight excluding hydrogens is 346 g/mol. The highest BCUT2D eigenvalue weighted by atomic mass is 16.6. The Morgan fingerprint density at radius 3 is 2.67 bits per heavy atom. The zero-order valence-corrected chi connectivity index (χ0v) is 16.9. The number of hydrogen-bond donors (Lipinski definition) is 2. The first-order valence-corrected chi connectivity index (χ1v) is 9.41. The number of nitrogens with zero attached hydrogens (tertiary/aromatic N) is 1. The van der Waals surface area contributed by atoms with E-state index in [0.29, 0.717) is 18.0 Å². The van der Waals surface area contributed by atoms with E-state index in [9.17, 15) is 9.59 Å². The van der Waals surface area contributed by atoms with E-state index in [1.54, 1.807) is 18.1 Å². The molecule has 0 spiro atoms. The van der Waals surface area contributed by atoms with Gasteiger partial charge in [0.25, 0.3) is 0 Å². The van der Waals surface area contributed by atoms with Crippen LogP contribution in [0.5, 0.6) is 5.75 Å². The number of hydrogen-bond acceptors (Lipinski definition) is 4. The van der Waals surface area contributed by atoms with Gasteiger partial charge in [0.15, 0.2) is 0 Å². The predicted octanol–water partition coefficient (Wildman–Crippen LogP) is 3.99. The second kappa shape index (κ2) is 8.97. The third-order valence-corrected chi connectivity index (χ3v) is 4.45. The highest BCUT2D eigenvalue weighted by Gasteiger charge is 2.32. The summed E-state index contributed by atoms with van der Waals surface area (Å²) in [6, 6.07) is 6.78. The number of urea groups is 1. The lowest BCUT2D eigenvalue weighted by molar-refractivity contribution is 0.0465. The molecule has 0 aliphatic carbocycles. The van der Waals surface area contributed by atoms with Crippen LogP contribution in [0.15, 0.2) is 24.3 Å². The molecular formula is C20H31N3O4.